The lowest BCUT2D eigenvalue weighted by molar-refractivity contribution is -0.148. The van der Waals surface area contributed by atoms with Crippen molar-refractivity contribution in [2.24, 2.45) is 5.92 Å². The van der Waals surface area contributed by atoms with E-state index in [0.717, 1.165) is 10.0 Å². The topological polar surface area (TPSA) is 57.6 Å². The van der Waals surface area contributed by atoms with Crippen LogP contribution in [0.15, 0.2) is 28.7 Å². The minimum atomic E-state index is -0.964. The van der Waals surface area contributed by atoms with Gasteiger partial charge in [0.1, 0.15) is 6.04 Å². The predicted molar refractivity (Wildman–Crippen MR) is 82.9 cm³/mol. The average molecular weight is 358 g/mol. The molecule has 108 valence electrons. The number of benzene rings is 1. The summed E-state index contributed by atoms with van der Waals surface area (Å²) >= 11 is 7.61. The fourth-order valence-corrected chi connectivity index (χ4v) is 3.13. The highest BCUT2D eigenvalue weighted by atomic mass is 79.9. The van der Waals surface area contributed by atoms with Crippen LogP contribution in [0.3, 0.4) is 0 Å². The molecule has 0 bridgehead atoms. The number of carboxylic acids is 1. The van der Waals surface area contributed by atoms with E-state index >= 15 is 0 Å². The van der Waals surface area contributed by atoms with Gasteiger partial charge >= 0.3 is 5.97 Å². The zero-order valence-corrected chi connectivity index (χ0v) is 13.3. The normalized spacial score (nSPS) is 20.2. The number of hydrogen-bond acceptors (Lipinski definition) is 3. The Morgan fingerprint density at radius 3 is 2.75 bits per heavy atom. The Bertz CT molecular complexity index is 523. The minimum Gasteiger partial charge on any atom is -0.480 e. The van der Waals surface area contributed by atoms with Crippen molar-refractivity contribution in [3.63, 3.8) is 0 Å². The van der Waals surface area contributed by atoms with Crippen LogP contribution in [0.4, 0.5) is 0 Å². The van der Waals surface area contributed by atoms with Crippen molar-refractivity contribution in [3.05, 3.63) is 34.3 Å². The van der Waals surface area contributed by atoms with Gasteiger partial charge in [-0.1, -0.05) is 34.1 Å². The van der Waals surface area contributed by atoms with Crippen LogP contribution in [0.25, 0.3) is 0 Å². The van der Waals surface area contributed by atoms with E-state index in [0.29, 0.717) is 25.1 Å². The van der Waals surface area contributed by atoms with E-state index in [9.17, 15) is 14.7 Å². The Kier molecular flexibility index (Phi) is 5.10. The van der Waals surface area contributed by atoms with Gasteiger partial charge in [0.15, 0.2) is 0 Å². The number of likely N-dealkylation sites (tertiary alicyclic amines) is 1. The standard InChI is InChI=1S/C14H16BrNO3S/c15-11-4-2-1-3-10(11)6-12(14(18)19)16-7-9(8-20)5-13(16)17/h1-4,9,12,20H,5-8H2,(H,18,19)/t9?,12-/m0/s1. The smallest absolute Gasteiger partial charge is 0.326 e. The van der Waals surface area contributed by atoms with Crippen LogP contribution in [-0.4, -0.2) is 40.2 Å². The molecule has 1 N–H and O–H groups in total. The summed E-state index contributed by atoms with van der Waals surface area (Å²) in [4.78, 5) is 25.0. The highest BCUT2D eigenvalue weighted by molar-refractivity contribution is 9.10. The molecule has 1 unspecified atom stereocenters. The molecule has 4 nitrogen and oxygen atoms in total. The van der Waals surface area contributed by atoms with Crippen molar-refractivity contribution in [3.8, 4) is 0 Å². The van der Waals surface area contributed by atoms with Gasteiger partial charge < -0.3 is 10.0 Å². The van der Waals surface area contributed by atoms with E-state index in [1.54, 1.807) is 0 Å². The highest BCUT2D eigenvalue weighted by Gasteiger charge is 2.37. The first-order valence-electron chi connectivity index (χ1n) is 6.39. The van der Waals surface area contributed by atoms with Crippen molar-refractivity contribution >= 4 is 40.4 Å². The fourth-order valence-electron chi connectivity index (χ4n) is 2.44. The van der Waals surface area contributed by atoms with Gasteiger partial charge in [-0.15, -0.1) is 0 Å². The molecule has 20 heavy (non-hydrogen) atoms. The summed E-state index contributed by atoms with van der Waals surface area (Å²) in [5, 5.41) is 9.43. The lowest BCUT2D eigenvalue weighted by Gasteiger charge is -2.25. The molecule has 2 rings (SSSR count). The lowest BCUT2D eigenvalue weighted by atomic mass is 10.0. The van der Waals surface area contributed by atoms with E-state index in [1.165, 1.54) is 4.90 Å². The zero-order chi connectivity index (χ0) is 14.7. The number of thiol groups is 1. The molecule has 0 aromatic heterocycles. The molecule has 2 atom stereocenters. The summed E-state index contributed by atoms with van der Waals surface area (Å²) in [6, 6.07) is 6.67. The highest BCUT2D eigenvalue weighted by Crippen LogP contribution is 2.25. The van der Waals surface area contributed by atoms with Crippen LogP contribution in [0.1, 0.15) is 12.0 Å². The molecule has 1 fully saturated rings. The number of halogens is 1. The zero-order valence-electron chi connectivity index (χ0n) is 10.8. The summed E-state index contributed by atoms with van der Waals surface area (Å²) < 4.78 is 0.864. The van der Waals surface area contributed by atoms with Crippen LogP contribution >= 0.6 is 28.6 Å². The number of hydrogen-bond donors (Lipinski definition) is 2. The maximum Gasteiger partial charge on any atom is 0.326 e. The second-order valence-electron chi connectivity index (χ2n) is 4.95. The van der Waals surface area contributed by atoms with Crippen LogP contribution in [0, 0.1) is 5.92 Å². The maximum atomic E-state index is 12.0. The second kappa shape index (κ2) is 6.63. The Morgan fingerprint density at radius 1 is 1.50 bits per heavy atom. The molecule has 1 heterocycles. The van der Waals surface area contributed by atoms with Crippen molar-refractivity contribution in [2.75, 3.05) is 12.3 Å². The van der Waals surface area contributed by atoms with E-state index in [1.807, 2.05) is 24.3 Å². The largest absolute Gasteiger partial charge is 0.480 e. The van der Waals surface area contributed by atoms with Crippen molar-refractivity contribution in [2.45, 2.75) is 18.9 Å². The summed E-state index contributed by atoms with van der Waals surface area (Å²) in [5.41, 5.74) is 0.891. The monoisotopic (exact) mass is 357 g/mol. The molecular formula is C14H16BrNO3S. The first-order valence-corrected chi connectivity index (χ1v) is 7.82. The Labute approximate surface area is 131 Å². The Balaban J connectivity index is 2.18. The van der Waals surface area contributed by atoms with Crippen molar-refractivity contribution < 1.29 is 14.7 Å². The molecule has 0 spiro atoms. The van der Waals surface area contributed by atoms with E-state index in [-0.39, 0.29) is 11.8 Å². The van der Waals surface area contributed by atoms with Crippen LogP contribution in [0.5, 0.6) is 0 Å². The lowest BCUT2D eigenvalue weighted by Crippen LogP contribution is -2.43. The number of amides is 1. The SMILES string of the molecule is O=C(O)[C@H](Cc1ccccc1Br)N1CC(CS)CC1=O. The Hall–Kier alpha value is -1.01. The van der Waals surface area contributed by atoms with Gasteiger partial charge in [-0.2, -0.15) is 12.6 Å². The third-order valence-corrected chi connectivity index (χ3v) is 4.82. The summed E-state index contributed by atoms with van der Waals surface area (Å²) in [6.07, 6.45) is 0.699. The van der Waals surface area contributed by atoms with E-state index in [4.69, 9.17) is 0 Å². The third-order valence-electron chi connectivity index (χ3n) is 3.53. The van der Waals surface area contributed by atoms with Gasteiger partial charge in [0.25, 0.3) is 0 Å². The molecular weight excluding hydrogens is 342 g/mol. The number of carboxylic acid groups (broad SMARTS) is 1. The van der Waals surface area contributed by atoms with Gasteiger partial charge in [-0.3, -0.25) is 4.79 Å². The molecule has 6 heteroatoms. The molecule has 1 aliphatic heterocycles. The fraction of sp³-hybridized carbons (Fsp3) is 0.429. The Morgan fingerprint density at radius 2 is 2.20 bits per heavy atom. The van der Waals surface area contributed by atoms with E-state index in [2.05, 4.69) is 28.6 Å². The molecule has 0 aliphatic carbocycles. The average Bonchev–Trinajstić information content (AvgIpc) is 2.78. The number of nitrogens with zero attached hydrogens (tertiary/aromatic N) is 1. The molecule has 1 aromatic carbocycles. The van der Waals surface area contributed by atoms with Crippen LogP contribution in [0.2, 0.25) is 0 Å². The molecule has 1 aromatic rings. The van der Waals surface area contributed by atoms with Gasteiger partial charge in [-0.05, 0) is 23.3 Å². The van der Waals surface area contributed by atoms with Crippen molar-refractivity contribution in [1.82, 2.24) is 4.90 Å². The maximum absolute atomic E-state index is 12.0. The van der Waals surface area contributed by atoms with Crippen LogP contribution in [-0.2, 0) is 16.0 Å². The van der Waals surface area contributed by atoms with Crippen molar-refractivity contribution in [1.29, 1.82) is 0 Å². The molecule has 0 saturated carbocycles. The summed E-state index contributed by atoms with van der Waals surface area (Å²) in [7, 11) is 0. The number of carbonyl (C=O) groups excluding carboxylic acids is 1. The predicted octanol–water partition coefficient (Wildman–Crippen LogP) is 2.22. The quantitative estimate of drug-likeness (QED) is 0.794. The van der Waals surface area contributed by atoms with Gasteiger partial charge in [0.2, 0.25) is 5.91 Å². The molecule has 0 radical (unpaired) electrons. The first kappa shape index (κ1) is 15.4. The first-order chi connectivity index (χ1) is 9.52. The van der Waals surface area contributed by atoms with Gasteiger partial charge in [-0.25, -0.2) is 4.79 Å². The molecule has 1 amide bonds. The number of carbonyl (C=O) groups is 2. The number of rotatable bonds is 5. The van der Waals surface area contributed by atoms with E-state index < -0.39 is 12.0 Å². The summed E-state index contributed by atoms with van der Waals surface area (Å²) in [6.45, 7) is 0.476. The van der Waals surface area contributed by atoms with Gasteiger partial charge in [0.05, 0.1) is 0 Å². The molecule has 1 saturated heterocycles. The van der Waals surface area contributed by atoms with Gasteiger partial charge in [0, 0.05) is 23.9 Å². The van der Waals surface area contributed by atoms with Crippen LogP contribution < -0.4 is 0 Å². The molecule has 1 aliphatic rings. The second-order valence-corrected chi connectivity index (χ2v) is 6.17. The number of aliphatic carboxylic acids is 1. The third kappa shape index (κ3) is 3.35. The minimum absolute atomic E-state index is 0.0940. The summed E-state index contributed by atoms with van der Waals surface area (Å²) in [5.74, 6) is -0.312.